The Morgan fingerprint density at radius 3 is 1.00 bits per heavy atom. The summed E-state index contributed by atoms with van der Waals surface area (Å²) in [6.07, 6.45) is -6.39. The first kappa shape index (κ1) is 25.4. The first-order chi connectivity index (χ1) is 5.54. The molecule has 0 aromatic carbocycles. The second-order valence-corrected chi connectivity index (χ2v) is 2.48. The van der Waals surface area contributed by atoms with Gasteiger partial charge in [-0.1, -0.05) is 0 Å². The quantitative estimate of drug-likeness (QED) is 0.280. The summed E-state index contributed by atoms with van der Waals surface area (Å²) in [6, 6.07) is 0. The van der Waals surface area contributed by atoms with Crippen LogP contribution in [0.1, 0.15) is 0 Å². The zero-order chi connectivity index (χ0) is 9.72. The molecule has 15 heavy (non-hydrogen) atoms. The van der Waals surface area contributed by atoms with Crippen molar-refractivity contribution in [3.05, 3.63) is 0 Å². The number of hydrogen-bond acceptors (Lipinski definition) is 6. The average Bonchev–Trinajstić information content (AvgIpc) is 2.12. The molecule has 6 nitrogen and oxygen atoms in total. The van der Waals surface area contributed by atoms with Gasteiger partial charge in [-0.05, 0) is 0 Å². The van der Waals surface area contributed by atoms with Gasteiger partial charge in [-0.2, -0.15) is 0 Å². The van der Waals surface area contributed by atoms with Crippen LogP contribution in [-0.4, -0.2) is 106 Å². The van der Waals surface area contributed by atoms with Gasteiger partial charge in [0.15, 0.2) is 0 Å². The molecule has 9 heteroatoms. The summed E-state index contributed by atoms with van der Waals surface area (Å²) in [5.74, 6) is 0. The molecule has 0 saturated carbocycles. The van der Waals surface area contributed by atoms with Crippen LogP contribution < -0.4 is 24.8 Å². The summed E-state index contributed by atoms with van der Waals surface area (Å²) in [6.45, 7) is -1.45. The predicted octanol–water partition coefficient (Wildman–Crippen LogP) is -9.96. The fourth-order valence-electron chi connectivity index (χ4n) is 0.671. The molecule has 0 bridgehead atoms. The van der Waals surface area contributed by atoms with E-state index in [-0.39, 0.29) is 62.6 Å². The van der Waals surface area contributed by atoms with Gasteiger partial charge in [0, 0.05) is 0 Å². The molecule has 0 aliphatic heterocycles. The van der Waals surface area contributed by atoms with E-state index in [0.29, 0.717) is 0 Å². The van der Waals surface area contributed by atoms with Gasteiger partial charge in [-0.3, -0.25) is 0 Å². The molecular weight excluding hydrogens is 279 g/mol. The van der Waals surface area contributed by atoms with Crippen LogP contribution in [0.3, 0.4) is 0 Å². The summed E-state index contributed by atoms with van der Waals surface area (Å²) in [7, 11) is 0. The van der Waals surface area contributed by atoms with Crippen LogP contribution in [0.4, 0.5) is 0 Å². The standard InChI is InChI=1S/C6H14O6.Ca.2ClH/c7-1-3(9)5(11)6(12)4(10)2-8;;;/h3-12H,1-2H2;;2*1H/q;+2;;/p-2. The first-order valence-corrected chi connectivity index (χ1v) is 3.48. The number of hydrogen-bond donors (Lipinski definition) is 6. The van der Waals surface area contributed by atoms with E-state index in [2.05, 4.69) is 0 Å². The monoisotopic (exact) mass is 292 g/mol. The molecule has 0 aromatic heterocycles. The van der Waals surface area contributed by atoms with E-state index >= 15 is 0 Å². The Morgan fingerprint density at radius 2 is 0.867 bits per heavy atom. The van der Waals surface area contributed by atoms with E-state index < -0.39 is 37.6 Å². The van der Waals surface area contributed by atoms with E-state index in [1.165, 1.54) is 0 Å². The van der Waals surface area contributed by atoms with E-state index in [1.54, 1.807) is 0 Å². The molecule has 0 aliphatic carbocycles. The molecule has 0 aromatic rings. The first-order valence-electron chi connectivity index (χ1n) is 3.48. The van der Waals surface area contributed by atoms with Crippen molar-refractivity contribution in [3.63, 3.8) is 0 Å². The second kappa shape index (κ2) is 13.7. The molecule has 0 heterocycles. The van der Waals surface area contributed by atoms with Gasteiger partial charge >= 0.3 is 37.7 Å². The minimum absolute atomic E-state index is 0. The molecule has 90 valence electrons. The van der Waals surface area contributed by atoms with Crippen molar-refractivity contribution in [2.45, 2.75) is 24.4 Å². The van der Waals surface area contributed by atoms with E-state index in [9.17, 15) is 0 Å². The molecule has 0 spiro atoms. The number of rotatable bonds is 5. The van der Waals surface area contributed by atoms with Gasteiger partial charge < -0.3 is 55.5 Å². The Balaban J connectivity index is -0.000000202. The number of halogens is 2. The molecule has 0 rings (SSSR count). The van der Waals surface area contributed by atoms with Crippen molar-refractivity contribution in [2.75, 3.05) is 13.2 Å². The maximum Gasteiger partial charge on any atom is 2.00 e. The minimum atomic E-state index is -1.67. The average molecular weight is 293 g/mol. The van der Waals surface area contributed by atoms with Crippen LogP contribution in [0.2, 0.25) is 0 Å². The predicted molar refractivity (Wildman–Crippen MR) is 44.0 cm³/mol. The van der Waals surface area contributed by atoms with Crippen molar-refractivity contribution in [3.8, 4) is 0 Å². The summed E-state index contributed by atoms with van der Waals surface area (Å²) in [5, 5.41) is 52.2. The Hall–Kier alpha value is 1.60. The van der Waals surface area contributed by atoms with Crippen molar-refractivity contribution in [1.29, 1.82) is 0 Å². The van der Waals surface area contributed by atoms with Crippen molar-refractivity contribution >= 4 is 37.7 Å². The number of aliphatic hydroxyl groups is 6. The van der Waals surface area contributed by atoms with E-state index in [1.807, 2.05) is 0 Å². The topological polar surface area (TPSA) is 121 Å². The van der Waals surface area contributed by atoms with Crippen molar-refractivity contribution < 1.29 is 55.5 Å². The molecule has 6 N–H and O–H groups in total. The summed E-state index contributed by atoms with van der Waals surface area (Å²) in [4.78, 5) is 0. The largest absolute Gasteiger partial charge is 2.00 e. The molecule has 0 radical (unpaired) electrons. The van der Waals surface area contributed by atoms with Crippen LogP contribution in [-0.2, 0) is 0 Å². The smallest absolute Gasteiger partial charge is 1.00 e. The third kappa shape index (κ3) is 9.31. The number of aliphatic hydroxyl groups excluding tert-OH is 6. The molecule has 0 saturated heterocycles. The van der Waals surface area contributed by atoms with Crippen molar-refractivity contribution in [2.24, 2.45) is 0 Å². The Kier molecular flexibility index (Phi) is 23.2. The zero-order valence-electron chi connectivity index (χ0n) is 7.87. The summed E-state index contributed by atoms with van der Waals surface area (Å²) >= 11 is 0. The molecule has 0 fully saturated rings. The van der Waals surface area contributed by atoms with Gasteiger partial charge in [-0.25, -0.2) is 0 Å². The second-order valence-electron chi connectivity index (χ2n) is 2.48. The Labute approximate surface area is 130 Å². The van der Waals surface area contributed by atoms with Crippen LogP contribution in [0.15, 0.2) is 0 Å². The third-order valence-electron chi connectivity index (χ3n) is 1.51. The van der Waals surface area contributed by atoms with E-state index in [0.717, 1.165) is 0 Å². The molecule has 0 amide bonds. The Bertz CT molecular complexity index is 118. The Morgan fingerprint density at radius 1 is 0.667 bits per heavy atom. The van der Waals surface area contributed by atoms with Gasteiger partial charge in [-0.15, -0.1) is 0 Å². The maximum absolute atomic E-state index is 8.96. The summed E-state index contributed by atoms with van der Waals surface area (Å²) < 4.78 is 0. The fraction of sp³-hybridized carbons (Fsp3) is 1.00. The van der Waals surface area contributed by atoms with Crippen LogP contribution >= 0.6 is 0 Å². The molecule has 4 unspecified atom stereocenters. The summed E-state index contributed by atoms with van der Waals surface area (Å²) in [5.41, 5.74) is 0. The molecule has 4 atom stereocenters. The SMILES string of the molecule is OCC(O)C(O)C(O)C(O)CO.[Ca+2].[Cl-].[Cl-]. The maximum atomic E-state index is 8.96. The van der Waals surface area contributed by atoms with Crippen molar-refractivity contribution in [1.82, 2.24) is 0 Å². The minimum Gasteiger partial charge on any atom is -1.00 e. The van der Waals surface area contributed by atoms with Gasteiger partial charge in [0.25, 0.3) is 0 Å². The van der Waals surface area contributed by atoms with Crippen LogP contribution in [0.5, 0.6) is 0 Å². The van der Waals surface area contributed by atoms with Gasteiger partial charge in [0.2, 0.25) is 0 Å². The zero-order valence-corrected chi connectivity index (χ0v) is 11.6. The fourth-order valence-corrected chi connectivity index (χ4v) is 0.671. The van der Waals surface area contributed by atoms with E-state index in [4.69, 9.17) is 30.6 Å². The normalized spacial score (nSPS) is 17.2. The van der Waals surface area contributed by atoms with Gasteiger partial charge in [0.05, 0.1) is 13.2 Å². The van der Waals surface area contributed by atoms with Crippen LogP contribution in [0.25, 0.3) is 0 Å². The van der Waals surface area contributed by atoms with Crippen LogP contribution in [0, 0.1) is 0 Å². The molecular formula is C6H14CaCl2O6. The third-order valence-corrected chi connectivity index (χ3v) is 1.51. The molecule has 0 aliphatic rings. The van der Waals surface area contributed by atoms with Gasteiger partial charge in [0.1, 0.15) is 24.4 Å².